The van der Waals surface area contributed by atoms with Crippen molar-refractivity contribution in [2.75, 3.05) is 0 Å². The third kappa shape index (κ3) is 5.44. The number of hydrogen-bond donors (Lipinski definition) is 2. The molecule has 0 unspecified atom stereocenters. The summed E-state index contributed by atoms with van der Waals surface area (Å²) in [6.45, 7) is 7.20. The Balaban J connectivity index is 2.22. The number of nitrogens with one attached hydrogen (secondary N) is 2. The molecule has 0 spiro atoms. The van der Waals surface area contributed by atoms with Crippen molar-refractivity contribution >= 4 is 11.8 Å². The maximum absolute atomic E-state index is 12.8. The van der Waals surface area contributed by atoms with Crippen LogP contribution in [0.2, 0.25) is 0 Å². The van der Waals surface area contributed by atoms with Gasteiger partial charge in [0.2, 0.25) is 11.8 Å². The molecule has 140 valence electrons. The van der Waals surface area contributed by atoms with Gasteiger partial charge in [-0.3, -0.25) is 9.59 Å². The van der Waals surface area contributed by atoms with Crippen molar-refractivity contribution < 1.29 is 14.1 Å². The van der Waals surface area contributed by atoms with Gasteiger partial charge in [-0.15, -0.1) is 0 Å². The molecule has 6 nitrogen and oxygen atoms in total. The van der Waals surface area contributed by atoms with E-state index in [1.807, 2.05) is 57.2 Å². The van der Waals surface area contributed by atoms with Gasteiger partial charge < -0.3 is 15.2 Å². The number of aryl methyl sites for hydroxylation is 1. The molecule has 1 heterocycles. The smallest absolute Gasteiger partial charge is 0.243 e. The molecule has 1 aromatic carbocycles. The average Bonchev–Trinajstić information content (AvgIpc) is 3.08. The van der Waals surface area contributed by atoms with Crippen molar-refractivity contribution in [1.29, 1.82) is 0 Å². The number of amides is 2. The Bertz CT molecular complexity index is 725. The van der Waals surface area contributed by atoms with Crippen molar-refractivity contribution in [2.24, 2.45) is 5.92 Å². The summed E-state index contributed by atoms with van der Waals surface area (Å²) in [6, 6.07) is 10.8. The fraction of sp³-hybridized carbons (Fsp3) is 0.450. The van der Waals surface area contributed by atoms with Gasteiger partial charge >= 0.3 is 0 Å². The number of rotatable bonds is 8. The number of aromatic nitrogens is 1. The summed E-state index contributed by atoms with van der Waals surface area (Å²) >= 11 is 0. The van der Waals surface area contributed by atoms with Crippen LogP contribution in [-0.2, 0) is 22.4 Å². The second-order valence-corrected chi connectivity index (χ2v) is 6.74. The summed E-state index contributed by atoms with van der Waals surface area (Å²) in [5.41, 5.74) is 1.77. The molecule has 1 aromatic heterocycles. The topological polar surface area (TPSA) is 84.2 Å². The van der Waals surface area contributed by atoms with Gasteiger partial charge in [0, 0.05) is 19.4 Å². The highest BCUT2D eigenvalue weighted by atomic mass is 16.5. The Morgan fingerprint density at radius 3 is 2.38 bits per heavy atom. The molecule has 0 aliphatic rings. The van der Waals surface area contributed by atoms with Gasteiger partial charge in [-0.2, -0.15) is 0 Å². The molecular weight excluding hydrogens is 330 g/mol. The maximum atomic E-state index is 12.8. The fourth-order valence-corrected chi connectivity index (χ4v) is 2.75. The SMILES string of the molecule is CCc1cc([C@H](Cc2ccccc2)NC(=O)[C@@H](NC(C)=O)C(C)C)no1. The molecule has 0 bridgehead atoms. The van der Waals surface area contributed by atoms with Gasteiger partial charge in [0.15, 0.2) is 0 Å². The lowest BCUT2D eigenvalue weighted by Gasteiger charge is -2.24. The number of hydrogen-bond acceptors (Lipinski definition) is 4. The summed E-state index contributed by atoms with van der Waals surface area (Å²) in [5.74, 6) is 0.291. The number of nitrogens with zero attached hydrogens (tertiary/aromatic N) is 1. The second kappa shape index (κ2) is 9.17. The molecule has 0 fully saturated rings. The fourth-order valence-electron chi connectivity index (χ4n) is 2.75. The summed E-state index contributed by atoms with van der Waals surface area (Å²) in [4.78, 5) is 24.2. The van der Waals surface area contributed by atoms with Crippen molar-refractivity contribution in [3.63, 3.8) is 0 Å². The van der Waals surface area contributed by atoms with E-state index in [0.717, 1.165) is 17.7 Å². The van der Waals surface area contributed by atoms with Crippen molar-refractivity contribution in [3.8, 4) is 0 Å². The summed E-state index contributed by atoms with van der Waals surface area (Å²) in [6.07, 6.45) is 1.33. The molecule has 0 aliphatic carbocycles. The van der Waals surface area contributed by atoms with Gasteiger partial charge in [-0.05, 0) is 17.9 Å². The van der Waals surface area contributed by atoms with E-state index in [2.05, 4.69) is 15.8 Å². The van der Waals surface area contributed by atoms with Crippen LogP contribution in [0.3, 0.4) is 0 Å². The van der Waals surface area contributed by atoms with Crippen LogP contribution in [0.1, 0.15) is 50.8 Å². The molecule has 0 aliphatic heterocycles. The Morgan fingerprint density at radius 2 is 1.85 bits per heavy atom. The molecule has 0 radical (unpaired) electrons. The highest BCUT2D eigenvalue weighted by Gasteiger charge is 2.27. The molecule has 2 N–H and O–H groups in total. The van der Waals surface area contributed by atoms with Gasteiger partial charge in [0.25, 0.3) is 0 Å². The van der Waals surface area contributed by atoms with E-state index in [4.69, 9.17) is 4.52 Å². The highest BCUT2D eigenvalue weighted by Crippen LogP contribution is 2.20. The monoisotopic (exact) mass is 357 g/mol. The molecular formula is C20H27N3O3. The summed E-state index contributed by atoms with van der Waals surface area (Å²) in [7, 11) is 0. The minimum atomic E-state index is -0.594. The zero-order chi connectivity index (χ0) is 19.1. The Kier molecular flexibility index (Phi) is 6.95. The van der Waals surface area contributed by atoms with Gasteiger partial charge in [0.1, 0.15) is 17.5 Å². The molecule has 6 heteroatoms. The van der Waals surface area contributed by atoms with E-state index in [1.54, 1.807) is 0 Å². The number of carbonyl (C=O) groups excluding carboxylic acids is 2. The normalized spacial score (nSPS) is 13.3. The molecule has 2 amide bonds. The predicted molar refractivity (Wildman–Crippen MR) is 99.4 cm³/mol. The maximum Gasteiger partial charge on any atom is 0.243 e. The number of benzene rings is 1. The standard InChI is InChI=1S/C20H27N3O3/c1-5-16-12-18(23-26-16)17(11-15-9-7-6-8-10-15)22-20(25)19(13(2)3)21-14(4)24/h6-10,12-13,17,19H,5,11H2,1-4H3,(H,21,24)(H,22,25)/t17-,19-/m0/s1. The lowest BCUT2D eigenvalue weighted by atomic mass is 9.99. The van der Waals surface area contributed by atoms with Crippen LogP contribution in [-0.4, -0.2) is 23.0 Å². The minimum Gasteiger partial charge on any atom is -0.361 e. The summed E-state index contributed by atoms with van der Waals surface area (Å²) in [5, 5.41) is 9.88. The van der Waals surface area contributed by atoms with E-state index in [-0.39, 0.29) is 23.8 Å². The van der Waals surface area contributed by atoms with E-state index < -0.39 is 6.04 Å². The third-order valence-corrected chi connectivity index (χ3v) is 4.19. The Morgan fingerprint density at radius 1 is 1.15 bits per heavy atom. The van der Waals surface area contributed by atoms with Crippen LogP contribution in [0.4, 0.5) is 0 Å². The van der Waals surface area contributed by atoms with Crippen LogP contribution >= 0.6 is 0 Å². The number of carbonyl (C=O) groups is 2. The van der Waals surface area contributed by atoms with Gasteiger partial charge in [0.05, 0.1) is 6.04 Å². The van der Waals surface area contributed by atoms with Crippen LogP contribution in [0.15, 0.2) is 40.9 Å². The van der Waals surface area contributed by atoms with E-state index in [1.165, 1.54) is 6.92 Å². The lowest BCUT2D eigenvalue weighted by molar-refractivity contribution is -0.129. The van der Waals surface area contributed by atoms with Gasteiger partial charge in [-0.25, -0.2) is 0 Å². The lowest BCUT2D eigenvalue weighted by Crippen LogP contribution is -2.50. The largest absolute Gasteiger partial charge is 0.361 e. The quantitative estimate of drug-likeness (QED) is 0.761. The van der Waals surface area contributed by atoms with Crippen molar-refractivity contribution in [2.45, 2.75) is 52.6 Å². The molecule has 0 saturated heterocycles. The highest BCUT2D eigenvalue weighted by molar-refractivity contribution is 5.87. The first-order valence-electron chi connectivity index (χ1n) is 8.97. The van der Waals surface area contributed by atoms with Crippen LogP contribution < -0.4 is 10.6 Å². The predicted octanol–water partition coefficient (Wildman–Crippen LogP) is 2.80. The zero-order valence-corrected chi connectivity index (χ0v) is 15.8. The van der Waals surface area contributed by atoms with Gasteiger partial charge in [-0.1, -0.05) is 56.3 Å². The van der Waals surface area contributed by atoms with Crippen LogP contribution in [0.5, 0.6) is 0 Å². The minimum absolute atomic E-state index is 0.0280. The zero-order valence-electron chi connectivity index (χ0n) is 15.8. The molecule has 2 atom stereocenters. The first-order chi connectivity index (χ1) is 12.4. The third-order valence-electron chi connectivity index (χ3n) is 4.19. The Labute approximate surface area is 154 Å². The first-order valence-corrected chi connectivity index (χ1v) is 8.97. The molecule has 0 saturated carbocycles. The molecule has 2 aromatic rings. The van der Waals surface area contributed by atoms with Crippen molar-refractivity contribution in [3.05, 3.63) is 53.4 Å². The van der Waals surface area contributed by atoms with E-state index in [0.29, 0.717) is 12.1 Å². The molecule has 26 heavy (non-hydrogen) atoms. The Hall–Kier alpha value is -2.63. The molecule has 2 rings (SSSR count). The first kappa shape index (κ1) is 19.7. The second-order valence-electron chi connectivity index (χ2n) is 6.74. The van der Waals surface area contributed by atoms with Crippen LogP contribution in [0, 0.1) is 5.92 Å². The average molecular weight is 357 g/mol. The van der Waals surface area contributed by atoms with Crippen LogP contribution in [0.25, 0.3) is 0 Å². The summed E-state index contributed by atoms with van der Waals surface area (Å²) < 4.78 is 5.32. The van der Waals surface area contributed by atoms with Crippen molar-refractivity contribution in [1.82, 2.24) is 15.8 Å². The van der Waals surface area contributed by atoms with E-state index >= 15 is 0 Å². The van der Waals surface area contributed by atoms with E-state index in [9.17, 15) is 9.59 Å².